The van der Waals surface area contributed by atoms with Gasteiger partial charge in [0.2, 0.25) is 5.91 Å². The Bertz CT molecular complexity index is 1340. The van der Waals surface area contributed by atoms with Gasteiger partial charge in [-0.05, 0) is 18.6 Å². The van der Waals surface area contributed by atoms with Crippen LogP contribution < -0.4 is 16.6 Å². The number of benzene rings is 1. The van der Waals surface area contributed by atoms with Gasteiger partial charge in [0.1, 0.15) is 17.9 Å². The van der Waals surface area contributed by atoms with E-state index in [2.05, 4.69) is 15.4 Å². The fourth-order valence-corrected chi connectivity index (χ4v) is 2.94. The first kappa shape index (κ1) is 17.6. The lowest BCUT2D eigenvalue weighted by atomic mass is 10.2. The highest BCUT2D eigenvalue weighted by Gasteiger charge is 2.17. The van der Waals surface area contributed by atoms with Crippen LogP contribution in [0.5, 0.6) is 0 Å². The molecule has 0 unspecified atom stereocenters. The molecule has 1 amide bonds. The highest BCUT2D eigenvalue weighted by atomic mass is 19.1. The number of aryl methyl sites for hydroxylation is 2. The van der Waals surface area contributed by atoms with Crippen LogP contribution in [0.2, 0.25) is 0 Å². The lowest BCUT2D eigenvalue weighted by molar-refractivity contribution is -0.117. The minimum absolute atomic E-state index is 0.0956. The minimum atomic E-state index is -0.559. The second-order valence-electron chi connectivity index (χ2n) is 6.38. The molecule has 0 atom stereocenters. The van der Waals surface area contributed by atoms with Crippen molar-refractivity contribution in [2.75, 3.05) is 5.32 Å². The number of anilines is 1. The van der Waals surface area contributed by atoms with Crippen LogP contribution in [0.25, 0.3) is 22.1 Å². The van der Waals surface area contributed by atoms with Crippen molar-refractivity contribution < 1.29 is 13.6 Å². The Morgan fingerprint density at radius 3 is 2.75 bits per heavy atom. The molecule has 1 aromatic carbocycles. The number of fused-ring (bicyclic) bond motifs is 2. The van der Waals surface area contributed by atoms with Gasteiger partial charge in [-0.2, -0.15) is 10.1 Å². The van der Waals surface area contributed by atoms with Gasteiger partial charge in [-0.1, -0.05) is 0 Å². The molecule has 4 aromatic rings. The van der Waals surface area contributed by atoms with Gasteiger partial charge in [0.25, 0.3) is 5.56 Å². The summed E-state index contributed by atoms with van der Waals surface area (Å²) in [5.41, 5.74) is 0.396. The Labute approximate surface area is 155 Å². The average molecular weight is 386 g/mol. The fourth-order valence-electron chi connectivity index (χ4n) is 2.94. The summed E-state index contributed by atoms with van der Waals surface area (Å²) in [5.74, 6) is -0.990. The van der Waals surface area contributed by atoms with Crippen molar-refractivity contribution in [1.82, 2.24) is 23.9 Å². The summed E-state index contributed by atoms with van der Waals surface area (Å²) in [7, 11) is 2.86. The van der Waals surface area contributed by atoms with E-state index in [1.807, 2.05) is 0 Å². The first-order valence-electron chi connectivity index (χ1n) is 8.24. The number of amides is 1. The number of hydrogen-bond acceptors (Lipinski definition) is 6. The number of carbonyl (C=O) groups is 1. The van der Waals surface area contributed by atoms with Crippen LogP contribution in [0.3, 0.4) is 0 Å². The molecular formula is C17H15FN6O4. The van der Waals surface area contributed by atoms with Gasteiger partial charge in [0.05, 0.1) is 11.7 Å². The molecular weight excluding hydrogens is 371 g/mol. The van der Waals surface area contributed by atoms with Crippen LogP contribution in [0.15, 0.2) is 32.3 Å². The number of aromatic nitrogens is 5. The van der Waals surface area contributed by atoms with E-state index in [9.17, 15) is 18.8 Å². The minimum Gasteiger partial charge on any atom is -0.423 e. The van der Waals surface area contributed by atoms with Crippen molar-refractivity contribution in [2.45, 2.75) is 13.5 Å². The van der Waals surface area contributed by atoms with Gasteiger partial charge in [-0.15, -0.1) is 0 Å². The molecule has 28 heavy (non-hydrogen) atoms. The highest BCUT2D eigenvalue weighted by Crippen LogP contribution is 2.22. The summed E-state index contributed by atoms with van der Waals surface area (Å²) in [5, 5.41) is 6.48. The number of nitrogens with zero attached hydrogens (tertiary/aromatic N) is 5. The van der Waals surface area contributed by atoms with Gasteiger partial charge < -0.3 is 4.42 Å². The van der Waals surface area contributed by atoms with E-state index < -0.39 is 23.0 Å². The number of rotatable bonds is 3. The van der Waals surface area contributed by atoms with Crippen LogP contribution >= 0.6 is 0 Å². The zero-order chi connectivity index (χ0) is 20.2. The third kappa shape index (κ3) is 2.68. The SMILES string of the molecule is Cc1cc2nc(NC(=O)Cn3ncc4c3c(=O)n(C)c(=O)n4C)oc2cc1F. The molecule has 4 rings (SSSR count). The van der Waals surface area contributed by atoms with Crippen LogP contribution in [0.4, 0.5) is 10.4 Å². The maximum absolute atomic E-state index is 13.6. The standard InChI is InChI=1S/C17H15FN6O4/c1-8-4-10-12(5-9(8)18)28-16(20-10)21-13(25)7-24-14-11(6-19-24)22(2)17(27)23(3)15(14)26/h4-6H,7H2,1-3H3,(H,20,21,25). The quantitative estimate of drug-likeness (QED) is 0.553. The number of halogens is 1. The van der Waals surface area contributed by atoms with Gasteiger partial charge >= 0.3 is 11.7 Å². The molecule has 0 aliphatic heterocycles. The summed E-state index contributed by atoms with van der Waals surface area (Å²) in [6.45, 7) is 1.29. The maximum Gasteiger partial charge on any atom is 0.331 e. The number of oxazole rings is 1. The second-order valence-corrected chi connectivity index (χ2v) is 6.38. The maximum atomic E-state index is 13.6. The van der Waals surface area contributed by atoms with E-state index in [-0.39, 0.29) is 23.7 Å². The topological polar surface area (TPSA) is 117 Å². The van der Waals surface area contributed by atoms with E-state index in [4.69, 9.17) is 4.42 Å². The number of carbonyl (C=O) groups excluding carboxylic acids is 1. The van der Waals surface area contributed by atoms with Gasteiger partial charge in [-0.25, -0.2) is 13.9 Å². The third-order valence-corrected chi connectivity index (χ3v) is 4.47. The van der Waals surface area contributed by atoms with Crippen LogP contribution in [0.1, 0.15) is 5.56 Å². The Kier molecular flexibility index (Phi) is 3.87. The molecule has 0 aliphatic carbocycles. The molecule has 0 aliphatic rings. The summed E-state index contributed by atoms with van der Waals surface area (Å²) >= 11 is 0. The number of hydrogen-bond donors (Lipinski definition) is 1. The van der Waals surface area contributed by atoms with Crippen molar-refractivity contribution in [1.29, 1.82) is 0 Å². The molecule has 0 fully saturated rings. The van der Waals surface area contributed by atoms with Crippen molar-refractivity contribution in [3.05, 3.63) is 50.5 Å². The lowest BCUT2D eigenvalue weighted by Gasteiger charge is -2.06. The molecule has 10 nitrogen and oxygen atoms in total. The van der Waals surface area contributed by atoms with E-state index >= 15 is 0 Å². The first-order valence-corrected chi connectivity index (χ1v) is 8.24. The molecule has 0 saturated carbocycles. The zero-order valence-electron chi connectivity index (χ0n) is 15.2. The molecule has 0 spiro atoms. The molecule has 144 valence electrons. The van der Waals surface area contributed by atoms with Crippen LogP contribution in [-0.4, -0.2) is 29.8 Å². The summed E-state index contributed by atoms with van der Waals surface area (Å²) in [4.78, 5) is 40.8. The summed E-state index contributed by atoms with van der Waals surface area (Å²) in [6, 6.07) is 2.61. The summed E-state index contributed by atoms with van der Waals surface area (Å²) < 4.78 is 22.4. The number of nitrogens with one attached hydrogen (secondary N) is 1. The van der Waals surface area contributed by atoms with Crippen LogP contribution in [-0.2, 0) is 25.4 Å². The largest absolute Gasteiger partial charge is 0.423 e. The molecule has 3 aromatic heterocycles. The average Bonchev–Trinajstić information content (AvgIpc) is 3.22. The molecule has 0 saturated heterocycles. The van der Waals surface area contributed by atoms with E-state index in [0.29, 0.717) is 16.6 Å². The van der Waals surface area contributed by atoms with Crippen molar-refractivity contribution in [3.63, 3.8) is 0 Å². The second kappa shape index (κ2) is 6.15. The normalized spacial score (nSPS) is 11.4. The van der Waals surface area contributed by atoms with Gasteiger partial charge in [0, 0.05) is 20.2 Å². The molecule has 11 heteroatoms. The molecule has 1 N–H and O–H groups in total. The first-order chi connectivity index (χ1) is 13.3. The van der Waals surface area contributed by atoms with Crippen molar-refractivity contribution >= 4 is 34.1 Å². The lowest BCUT2D eigenvalue weighted by Crippen LogP contribution is -2.37. The molecule has 0 radical (unpaired) electrons. The smallest absolute Gasteiger partial charge is 0.331 e. The van der Waals surface area contributed by atoms with Gasteiger partial charge in [-0.3, -0.25) is 24.0 Å². The summed E-state index contributed by atoms with van der Waals surface area (Å²) in [6.07, 6.45) is 1.34. The Balaban J connectivity index is 1.64. The zero-order valence-corrected chi connectivity index (χ0v) is 15.2. The molecule has 0 bridgehead atoms. The van der Waals surface area contributed by atoms with E-state index in [0.717, 1.165) is 4.57 Å². The third-order valence-electron chi connectivity index (χ3n) is 4.47. The van der Waals surface area contributed by atoms with Crippen molar-refractivity contribution in [3.8, 4) is 0 Å². The van der Waals surface area contributed by atoms with Gasteiger partial charge in [0.15, 0.2) is 11.1 Å². The van der Waals surface area contributed by atoms with E-state index in [1.165, 1.54) is 41.7 Å². The van der Waals surface area contributed by atoms with Crippen molar-refractivity contribution in [2.24, 2.45) is 14.1 Å². The monoisotopic (exact) mass is 386 g/mol. The van der Waals surface area contributed by atoms with E-state index in [1.54, 1.807) is 6.92 Å². The predicted molar refractivity (Wildman–Crippen MR) is 97.5 cm³/mol. The fraction of sp³-hybridized carbons (Fsp3) is 0.235. The highest BCUT2D eigenvalue weighted by molar-refractivity contribution is 5.90. The Morgan fingerprint density at radius 1 is 1.25 bits per heavy atom. The predicted octanol–water partition coefficient (Wildman–Crippen LogP) is 0.661. The Morgan fingerprint density at radius 2 is 2.00 bits per heavy atom. The van der Waals surface area contributed by atoms with Crippen LogP contribution in [0, 0.1) is 12.7 Å². The molecule has 3 heterocycles. The Hall–Kier alpha value is -3.76.